The van der Waals surface area contributed by atoms with Gasteiger partial charge in [0, 0.05) is 20.2 Å². The molecule has 0 aromatic heterocycles. The molecule has 154 valence electrons. The minimum absolute atomic E-state index is 0.0944. The van der Waals surface area contributed by atoms with Gasteiger partial charge in [0.25, 0.3) is 0 Å². The molecule has 2 aliphatic heterocycles. The van der Waals surface area contributed by atoms with Crippen LogP contribution in [0.15, 0.2) is 30.3 Å². The summed E-state index contributed by atoms with van der Waals surface area (Å²) in [6.07, 6.45) is 0.877. The van der Waals surface area contributed by atoms with E-state index in [0.29, 0.717) is 19.7 Å². The molecule has 3 rings (SSSR count). The third kappa shape index (κ3) is 4.41. The number of likely N-dealkylation sites (tertiary alicyclic amines) is 1. The molecule has 2 heterocycles. The molecule has 0 aliphatic carbocycles. The van der Waals surface area contributed by atoms with Crippen molar-refractivity contribution in [2.24, 2.45) is 0 Å². The number of benzene rings is 1. The van der Waals surface area contributed by atoms with Crippen LogP contribution in [0.1, 0.15) is 39.2 Å². The highest BCUT2D eigenvalue weighted by Crippen LogP contribution is 2.40. The Morgan fingerprint density at radius 3 is 2.54 bits per heavy atom. The summed E-state index contributed by atoms with van der Waals surface area (Å²) in [7, 11) is 1.61. The Morgan fingerprint density at radius 2 is 1.89 bits per heavy atom. The number of hydrogen-bond donors (Lipinski definition) is 0. The van der Waals surface area contributed by atoms with Crippen molar-refractivity contribution in [1.29, 1.82) is 0 Å². The summed E-state index contributed by atoms with van der Waals surface area (Å²) in [5.74, 6) is 0. The molecule has 1 aromatic rings. The molecular weight excluding hydrogens is 360 g/mol. The number of fused-ring (bicyclic) bond motifs is 2. The average molecular weight is 390 g/mol. The molecule has 0 saturated carbocycles. The summed E-state index contributed by atoms with van der Waals surface area (Å²) < 4.78 is 16.6. The van der Waals surface area contributed by atoms with Crippen LogP contribution in [0.4, 0.5) is 9.59 Å². The first-order valence-electron chi connectivity index (χ1n) is 9.71. The molecular formula is C21H30N2O5. The van der Waals surface area contributed by atoms with E-state index >= 15 is 0 Å². The summed E-state index contributed by atoms with van der Waals surface area (Å²) in [6, 6.07) is 9.50. The summed E-state index contributed by atoms with van der Waals surface area (Å²) in [5, 5.41) is 0. The number of rotatable bonds is 4. The zero-order valence-corrected chi connectivity index (χ0v) is 17.1. The number of amides is 2. The summed E-state index contributed by atoms with van der Waals surface area (Å²) >= 11 is 0. The lowest BCUT2D eigenvalue weighted by Crippen LogP contribution is -2.66. The number of hydrogen-bond acceptors (Lipinski definition) is 5. The van der Waals surface area contributed by atoms with Crippen LogP contribution < -0.4 is 0 Å². The van der Waals surface area contributed by atoms with E-state index in [1.54, 1.807) is 16.9 Å². The van der Waals surface area contributed by atoms with Crippen molar-refractivity contribution < 1.29 is 23.8 Å². The zero-order valence-electron chi connectivity index (χ0n) is 17.1. The summed E-state index contributed by atoms with van der Waals surface area (Å²) in [5.41, 5.74) is -0.208. The largest absolute Gasteiger partial charge is 0.445 e. The molecule has 2 fully saturated rings. The number of carbonyl (C=O) groups excluding carboxylic acids is 2. The number of ether oxygens (including phenoxy) is 3. The van der Waals surface area contributed by atoms with Crippen molar-refractivity contribution in [3.05, 3.63) is 35.9 Å². The molecule has 0 radical (unpaired) electrons. The van der Waals surface area contributed by atoms with E-state index in [1.807, 2.05) is 51.1 Å². The lowest BCUT2D eigenvalue weighted by Gasteiger charge is -2.48. The molecule has 2 atom stereocenters. The highest BCUT2D eigenvalue weighted by Gasteiger charge is 2.55. The second-order valence-electron chi connectivity index (χ2n) is 8.62. The lowest BCUT2D eigenvalue weighted by molar-refractivity contribution is -0.0547. The van der Waals surface area contributed by atoms with Gasteiger partial charge in [-0.1, -0.05) is 30.3 Å². The van der Waals surface area contributed by atoms with Gasteiger partial charge < -0.3 is 19.1 Å². The van der Waals surface area contributed by atoms with E-state index in [1.165, 1.54) is 0 Å². The number of nitrogens with zero attached hydrogens (tertiary/aromatic N) is 2. The van der Waals surface area contributed by atoms with Crippen molar-refractivity contribution in [3.63, 3.8) is 0 Å². The SMILES string of the molecule is COC[C@@]12CC[C@@H](CN(C(=O)OCc3ccccc3)C1)N2C(=O)OC(C)(C)C. The van der Waals surface area contributed by atoms with E-state index in [9.17, 15) is 9.59 Å². The summed E-state index contributed by atoms with van der Waals surface area (Å²) in [6.45, 7) is 6.97. The molecule has 2 bridgehead atoms. The van der Waals surface area contributed by atoms with Gasteiger partial charge in [0.05, 0.1) is 18.2 Å². The minimum Gasteiger partial charge on any atom is -0.445 e. The van der Waals surface area contributed by atoms with Crippen molar-refractivity contribution in [2.45, 2.75) is 57.4 Å². The Balaban J connectivity index is 1.70. The molecule has 7 heteroatoms. The zero-order chi connectivity index (χ0) is 20.4. The first-order valence-corrected chi connectivity index (χ1v) is 9.71. The van der Waals surface area contributed by atoms with Gasteiger partial charge in [0.2, 0.25) is 0 Å². The number of carbonyl (C=O) groups is 2. The van der Waals surface area contributed by atoms with Gasteiger partial charge in [-0.25, -0.2) is 9.59 Å². The predicted octanol–water partition coefficient (Wildman–Crippen LogP) is 3.42. The van der Waals surface area contributed by atoms with Crippen LogP contribution in [0.25, 0.3) is 0 Å². The molecule has 0 unspecified atom stereocenters. The molecule has 2 amide bonds. The lowest BCUT2D eigenvalue weighted by atomic mass is 9.96. The van der Waals surface area contributed by atoms with Gasteiger partial charge in [0.1, 0.15) is 12.2 Å². The fourth-order valence-corrected chi connectivity index (χ4v) is 4.13. The Bertz CT molecular complexity index is 698. The van der Waals surface area contributed by atoms with Crippen molar-refractivity contribution in [3.8, 4) is 0 Å². The molecule has 1 aromatic carbocycles. The van der Waals surface area contributed by atoms with E-state index in [4.69, 9.17) is 14.2 Å². The normalized spacial score (nSPS) is 24.2. The standard InChI is InChI=1S/C21H30N2O5/c1-20(2,3)28-19(25)23-17-10-11-21(23,15-26-4)14-22(12-17)18(24)27-13-16-8-6-5-7-9-16/h5-9,17H,10-15H2,1-4H3/t17-,21+/m0/s1. The topological polar surface area (TPSA) is 68.3 Å². The Kier molecular flexibility index (Phi) is 5.84. The fraction of sp³-hybridized carbons (Fsp3) is 0.619. The van der Waals surface area contributed by atoms with E-state index in [-0.39, 0.29) is 24.8 Å². The average Bonchev–Trinajstić information content (AvgIpc) is 2.86. The van der Waals surface area contributed by atoms with Crippen LogP contribution in [0.5, 0.6) is 0 Å². The quantitative estimate of drug-likeness (QED) is 0.788. The number of methoxy groups -OCH3 is 1. The molecule has 2 aliphatic rings. The fourth-order valence-electron chi connectivity index (χ4n) is 4.13. The van der Waals surface area contributed by atoms with Gasteiger partial charge in [0.15, 0.2) is 0 Å². The second-order valence-corrected chi connectivity index (χ2v) is 8.62. The van der Waals surface area contributed by atoms with Gasteiger partial charge in [-0.2, -0.15) is 0 Å². The van der Waals surface area contributed by atoms with Gasteiger partial charge >= 0.3 is 12.2 Å². The first-order chi connectivity index (χ1) is 13.2. The molecule has 0 spiro atoms. The van der Waals surface area contributed by atoms with Gasteiger partial charge in [-0.3, -0.25) is 4.90 Å². The van der Waals surface area contributed by atoms with Crippen molar-refractivity contribution >= 4 is 12.2 Å². The molecule has 0 N–H and O–H groups in total. The van der Waals surface area contributed by atoms with Crippen LogP contribution in [-0.2, 0) is 20.8 Å². The Labute approximate surface area is 166 Å². The van der Waals surface area contributed by atoms with Crippen LogP contribution in [-0.4, -0.2) is 66.0 Å². The number of piperazine rings is 1. The van der Waals surface area contributed by atoms with E-state index < -0.39 is 11.1 Å². The minimum atomic E-state index is -0.578. The molecule has 28 heavy (non-hydrogen) atoms. The maximum Gasteiger partial charge on any atom is 0.411 e. The highest BCUT2D eigenvalue weighted by molar-refractivity contribution is 5.73. The summed E-state index contributed by atoms with van der Waals surface area (Å²) in [4.78, 5) is 29.0. The highest BCUT2D eigenvalue weighted by atomic mass is 16.6. The van der Waals surface area contributed by atoms with Crippen LogP contribution >= 0.6 is 0 Å². The van der Waals surface area contributed by atoms with Gasteiger partial charge in [-0.05, 0) is 39.2 Å². The second kappa shape index (κ2) is 7.99. The predicted molar refractivity (Wildman–Crippen MR) is 104 cm³/mol. The Hall–Kier alpha value is -2.28. The van der Waals surface area contributed by atoms with Crippen LogP contribution in [0, 0.1) is 0 Å². The molecule has 7 nitrogen and oxygen atoms in total. The molecule has 2 saturated heterocycles. The Morgan fingerprint density at radius 1 is 1.18 bits per heavy atom. The first kappa shape index (κ1) is 20.5. The monoisotopic (exact) mass is 390 g/mol. The van der Waals surface area contributed by atoms with E-state index in [0.717, 1.165) is 18.4 Å². The smallest absolute Gasteiger partial charge is 0.411 e. The van der Waals surface area contributed by atoms with Gasteiger partial charge in [-0.15, -0.1) is 0 Å². The van der Waals surface area contributed by atoms with Crippen molar-refractivity contribution in [2.75, 3.05) is 26.8 Å². The van der Waals surface area contributed by atoms with Crippen LogP contribution in [0.2, 0.25) is 0 Å². The third-order valence-electron chi connectivity index (χ3n) is 5.20. The van der Waals surface area contributed by atoms with Crippen LogP contribution in [0.3, 0.4) is 0 Å². The van der Waals surface area contributed by atoms with E-state index in [2.05, 4.69) is 0 Å². The van der Waals surface area contributed by atoms with Crippen molar-refractivity contribution in [1.82, 2.24) is 9.80 Å². The maximum absolute atomic E-state index is 12.9. The maximum atomic E-state index is 12.9. The third-order valence-corrected chi connectivity index (χ3v) is 5.20.